The molecule has 4 aliphatic rings. The summed E-state index contributed by atoms with van der Waals surface area (Å²) >= 11 is 0. The number of esters is 2. The second kappa shape index (κ2) is 16.4. The number of hydrogen-bond donors (Lipinski definition) is 0. The molecule has 0 aromatic rings. The van der Waals surface area contributed by atoms with E-state index in [1.54, 1.807) is 0 Å². The monoisotopic (exact) mass is 624 g/mol. The van der Waals surface area contributed by atoms with Crippen LogP contribution in [0.3, 0.4) is 0 Å². The van der Waals surface area contributed by atoms with Gasteiger partial charge in [0, 0.05) is 5.41 Å². The number of fused-ring (bicyclic) bond motifs is 5. The molecule has 0 heterocycles. The maximum atomic E-state index is 12.1. The molecule has 0 aliphatic heterocycles. The van der Waals surface area contributed by atoms with Gasteiger partial charge in [-0.1, -0.05) is 13.8 Å². The zero-order valence-electron chi connectivity index (χ0n) is 24.2. The molecule has 16 heteroatoms. The minimum atomic E-state index is -4.96. The zero-order valence-corrected chi connectivity index (χ0v) is 34.0. The number of hydrogen-bond acceptors (Lipinski definition) is 10. The number of carbonyl (C=O) groups is 2. The zero-order chi connectivity index (χ0) is 25.8. The minimum absolute atomic E-state index is 0. The summed E-state index contributed by atoms with van der Waals surface area (Å²) in [5, 5.41) is 0. The van der Waals surface area contributed by atoms with E-state index in [0.717, 1.165) is 38.5 Å². The van der Waals surface area contributed by atoms with Crippen molar-refractivity contribution in [1.82, 2.24) is 0 Å². The first kappa shape index (κ1) is 42.6. The molecule has 4 saturated carbocycles. The Hall–Kier alpha value is 3.56. The Bertz CT molecular complexity index is 845. The molecule has 4 rings (SSSR count). The van der Waals surface area contributed by atoms with Gasteiger partial charge < -0.3 is 38.8 Å². The second-order valence-electron chi connectivity index (χ2n) is 11.7. The van der Waals surface area contributed by atoms with Crippen LogP contribution in [-0.2, 0) is 19.1 Å². The van der Waals surface area contributed by atoms with Crippen LogP contribution in [0.4, 0.5) is 0 Å². The van der Waals surface area contributed by atoms with Crippen LogP contribution in [0.5, 0.6) is 0 Å². The summed E-state index contributed by atoms with van der Waals surface area (Å²) in [4.78, 5) is 89.5. The van der Waals surface area contributed by atoms with E-state index in [9.17, 15) is 38.9 Å². The van der Waals surface area contributed by atoms with Crippen molar-refractivity contribution < 1.29 is 167 Å². The van der Waals surface area contributed by atoms with Gasteiger partial charge in [-0.2, -0.15) is 15.9 Å². The van der Waals surface area contributed by atoms with Crippen LogP contribution in [0.1, 0.15) is 71.6 Å². The van der Waals surface area contributed by atoms with Crippen LogP contribution in [-0.4, -0.2) is 36.5 Å². The first-order valence-electron chi connectivity index (χ1n) is 12.5. The van der Waals surface area contributed by atoms with Crippen LogP contribution in [0.25, 0.3) is 0 Å². The standard InChI is InChI=1S/C23H38O10P2.4Na/c1-22-9-7-15(32-20(24)12-34(26,27)28)11-14(22)3-4-16-17-5-6-19(23(17,2)10-8-18(16)22)33-21(25)13-35(29,30)31;;;;/h14-19H,3-13H2,1-2H3,(H2,26,27,28)(H2,29,30,31);;;;/q;4*+1/p-4/t14?,15-,16-,17-,18-,19-,22-,23-;;;;/m0..../s1. The van der Waals surface area contributed by atoms with Crippen LogP contribution in [0.2, 0.25) is 0 Å². The number of rotatable bonds is 6. The van der Waals surface area contributed by atoms with E-state index >= 15 is 0 Å². The van der Waals surface area contributed by atoms with Crippen LogP contribution < -0.4 is 148 Å². The maximum absolute atomic E-state index is 12.1. The normalized spacial score (nSPS) is 37.1. The van der Waals surface area contributed by atoms with E-state index in [1.807, 2.05) is 0 Å². The van der Waals surface area contributed by atoms with E-state index < -0.39 is 40.1 Å². The quantitative estimate of drug-likeness (QED) is 0.156. The third-order valence-corrected chi connectivity index (χ3v) is 11.0. The predicted octanol–water partition coefficient (Wildman–Crippen LogP) is -13.4. The summed E-state index contributed by atoms with van der Waals surface area (Å²) in [5.41, 5.74) is -0.181. The molecule has 4 aliphatic carbocycles. The second-order valence-corrected chi connectivity index (χ2v) is 14.8. The Morgan fingerprint density at radius 1 is 0.692 bits per heavy atom. The number of carbonyl (C=O) groups excluding carboxylic acids is 2. The molecular weight excluding hydrogens is 590 g/mol. The fourth-order valence-electron chi connectivity index (χ4n) is 8.21. The molecule has 0 amide bonds. The smallest absolute Gasteiger partial charge is 0.687 e. The largest absolute Gasteiger partial charge is 1.00 e. The Kier molecular flexibility index (Phi) is 17.9. The van der Waals surface area contributed by atoms with Crippen LogP contribution in [0.15, 0.2) is 0 Å². The molecule has 0 aromatic heterocycles. The molecule has 0 spiro atoms. The predicted molar refractivity (Wildman–Crippen MR) is 115 cm³/mol. The van der Waals surface area contributed by atoms with Crippen molar-refractivity contribution in [2.24, 2.45) is 34.5 Å². The Morgan fingerprint density at radius 3 is 1.77 bits per heavy atom. The first-order chi connectivity index (χ1) is 16.1. The van der Waals surface area contributed by atoms with Crippen molar-refractivity contribution in [3.63, 3.8) is 0 Å². The average Bonchev–Trinajstić information content (AvgIpc) is 3.01. The topological polar surface area (TPSA) is 191 Å². The van der Waals surface area contributed by atoms with Gasteiger partial charge in [0.2, 0.25) is 0 Å². The third-order valence-electron chi connectivity index (χ3n) is 9.75. The van der Waals surface area contributed by atoms with Crippen molar-refractivity contribution in [3.8, 4) is 0 Å². The van der Waals surface area contributed by atoms with Gasteiger partial charge in [-0.15, -0.1) is 0 Å². The molecule has 8 atom stereocenters. The third kappa shape index (κ3) is 10.3. The van der Waals surface area contributed by atoms with Gasteiger partial charge in [0.25, 0.3) is 0 Å². The van der Waals surface area contributed by atoms with E-state index in [2.05, 4.69) is 13.8 Å². The Morgan fingerprint density at radius 2 is 1.21 bits per heavy atom. The van der Waals surface area contributed by atoms with E-state index in [1.165, 1.54) is 0 Å². The average molecular weight is 624 g/mol. The maximum Gasteiger partial charge on any atom is 1.00 e. The molecule has 0 N–H and O–H groups in total. The van der Waals surface area contributed by atoms with Gasteiger partial charge in [-0.3, -0.25) is 0 Å². The van der Waals surface area contributed by atoms with Crippen molar-refractivity contribution in [2.45, 2.75) is 83.8 Å². The number of ether oxygens (including phenoxy) is 2. The Balaban J connectivity index is 0.00000361. The van der Waals surface area contributed by atoms with Crippen molar-refractivity contribution in [2.75, 3.05) is 12.3 Å². The molecule has 0 bridgehead atoms. The molecule has 39 heavy (non-hydrogen) atoms. The fraction of sp³-hybridized carbons (Fsp3) is 0.913. The molecular formula is C23H34Na4O10P2. The first-order valence-corrected chi connectivity index (χ1v) is 16.0. The summed E-state index contributed by atoms with van der Waals surface area (Å²) in [7, 11) is -9.91. The molecule has 10 nitrogen and oxygen atoms in total. The van der Waals surface area contributed by atoms with Gasteiger partial charge in [-0.25, -0.2) is 9.59 Å². The van der Waals surface area contributed by atoms with E-state index in [-0.39, 0.29) is 141 Å². The van der Waals surface area contributed by atoms with Crippen molar-refractivity contribution in [1.29, 1.82) is 0 Å². The SMILES string of the molecule is C[C@]12CC[C@H]3[C@@H](CCC4C[C@@H](OC(=O)C[P+]([O-])([O-])[O-])CC[C@@]43C)[C@@H]1CC[C@@H]2OC(=O)C[P+]([O-])([O-])[O-].[Na+].[Na+].[Na+].[Na+]. The van der Waals surface area contributed by atoms with Crippen LogP contribution in [0, 0.1) is 34.5 Å². The molecule has 0 saturated heterocycles. The van der Waals surface area contributed by atoms with E-state index in [4.69, 9.17) is 9.47 Å². The fourth-order valence-corrected chi connectivity index (χ4v) is 8.99. The van der Waals surface area contributed by atoms with Gasteiger partial charge in [-0.05, 0) is 86.9 Å². The molecule has 0 aromatic carbocycles. The van der Waals surface area contributed by atoms with Gasteiger partial charge >= 0.3 is 130 Å². The Labute approximate surface area is 320 Å². The molecule has 200 valence electrons. The van der Waals surface area contributed by atoms with Gasteiger partial charge in [0.15, 0.2) is 0 Å². The van der Waals surface area contributed by atoms with Crippen molar-refractivity contribution in [3.05, 3.63) is 0 Å². The van der Waals surface area contributed by atoms with Gasteiger partial charge in [0.1, 0.15) is 24.5 Å². The summed E-state index contributed by atoms with van der Waals surface area (Å²) in [6.45, 7) is 4.44. The molecule has 1 unspecified atom stereocenters. The summed E-state index contributed by atoms with van der Waals surface area (Å²) in [6, 6.07) is 0. The summed E-state index contributed by atoms with van der Waals surface area (Å²) in [5.74, 6) is -0.314. The van der Waals surface area contributed by atoms with E-state index in [0.29, 0.717) is 42.9 Å². The molecule has 0 radical (unpaired) electrons. The summed E-state index contributed by atoms with van der Waals surface area (Å²) < 4.78 is 10.9. The minimum Gasteiger partial charge on any atom is -0.687 e. The van der Waals surface area contributed by atoms with Gasteiger partial charge in [0.05, 0.1) is 0 Å². The molecule has 4 fully saturated rings. The van der Waals surface area contributed by atoms with Crippen molar-refractivity contribution >= 4 is 27.8 Å². The van der Waals surface area contributed by atoms with Crippen LogP contribution >= 0.6 is 15.9 Å². The summed E-state index contributed by atoms with van der Waals surface area (Å²) in [6.07, 6.45) is 4.52.